The molecule has 1 aromatic rings. The Bertz CT molecular complexity index is 404. The molecule has 92 valence electrons. The highest BCUT2D eigenvalue weighted by molar-refractivity contribution is 5.42. The Labute approximate surface area is 105 Å². The predicted octanol–water partition coefficient (Wildman–Crippen LogP) is 3.17. The fourth-order valence-electron chi connectivity index (χ4n) is 2.40. The van der Waals surface area contributed by atoms with Crippen LogP contribution < -0.4 is 0 Å². The summed E-state index contributed by atoms with van der Waals surface area (Å²) in [6.07, 6.45) is 0.897. The Balaban J connectivity index is 3.01. The minimum atomic E-state index is 0.0120. The molecule has 0 spiro atoms. The predicted molar refractivity (Wildman–Crippen MR) is 72.2 cm³/mol. The van der Waals surface area contributed by atoms with Crippen LogP contribution in [0.2, 0.25) is 0 Å². The Morgan fingerprint density at radius 3 is 2.12 bits per heavy atom. The average molecular weight is 230 g/mol. The van der Waals surface area contributed by atoms with Gasteiger partial charge in [0.1, 0.15) is 0 Å². The van der Waals surface area contributed by atoms with E-state index in [1.807, 2.05) is 14.1 Å². The van der Waals surface area contributed by atoms with E-state index in [2.05, 4.69) is 43.9 Å². The van der Waals surface area contributed by atoms with Crippen LogP contribution in [0.4, 0.5) is 0 Å². The summed E-state index contributed by atoms with van der Waals surface area (Å²) in [4.78, 5) is 2.13. The van der Waals surface area contributed by atoms with Gasteiger partial charge in [0.25, 0.3) is 0 Å². The summed E-state index contributed by atoms with van der Waals surface area (Å²) in [5, 5.41) is 9.34. The number of nitriles is 1. The van der Waals surface area contributed by atoms with Gasteiger partial charge in [-0.2, -0.15) is 5.26 Å². The van der Waals surface area contributed by atoms with Crippen molar-refractivity contribution < 1.29 is 0 Å². The van der Waals surface area contributed by atoms with Gasteiger partial charge in [-0.05, 0) is 64.5 Å². The van der Waals surface area contributed by atoms with Gasteiger partial charge in [0.15, 0.2) is 0 Å². The Morgan fingerprint density at radius 2 is 1.71 bits per heavy atom. The summed E-state index contributed by atoms with van der Waals surface area (Å²) in [6, 6.07) is 6.79. The SMILES string of the molecule is Cc1cc(C)c(C(C#N)CCN(C)C)c(C)c1. The topological polar surface area (TPSA) is 27.0 Å². The fraction of sp³-hybridized carbons (Fsp3) is 0.533. The molecule has 0 saturated heterocycles. The molecule has 17 heavy (non-hydrogen) atoms. The lowest BCUT2D eigenvalue weighted by atomic mass is 9.88. The fourth-order valence-corrected chi connectivity index (χ4v) is 2.40. The second kappa shape index (κ2) is 5.84. The largest absolute Gasteiger partial charge is 0.309 e. The van der Waals surface area contributed by atoms with Gasteiger partial charge in [-0.1, -0.05) is 17.7 Å². The molecule has 0 aliphatic rings. The zero-order valence-corrected chi connectivity index (χ0v) is 11.5. The maximum Gasteiger partial charge on any atom is 0.0730 e. The van der Waals surface area contributed by atoms with E-state index in [1.165, 1.54) is 22.3 Å². The highest BCUT2D eigenvalue weighted by atomic mass is 15.0. The maximum atomic E-state index is 9.34. The summed E-state index contributed by atoms with van der Waals surface area (Å²) in [6.45, 7) is 7.26. The molecule has 2 nitrogen and oxygen atoms in total. The van der Waals surface area contributed by atoms with E-state index < -0.39 is 0 Å². The van der Waals surface area contributed by atoms with Crippen molar-refractivity contribution in [2.75, 3.05) is 20.6 Å². The molecule has 1 rings (SSSR count). The highest BCUT2D eigenvalue weighted by Gasteiger charge is 2.16. The summed E-state index contributed by atoms with van der Waals surface area (Å²) in [5.41, 5.74) is 4.98. The first-order chi connectivity index (χ1) is 7.95. The van der Waals surface area contributed by atoms with Gasteiger partial charge < -0.3 is 4.90 Å². The maximum absolute atomic E-state index is 9.34. The van der Waals surface area contributed by atoms with Crippen LogP contribution in [0.5, 0.6) is 0 Å². The van der Waals surface area contributed by atoms with Crippen molar-refractivity contribution in [1.82, 2.24) is 4.90 Å². The average Bonchev–Trinajstić information content (AvgIpc) is 2.21. The van der Waals surface area contributed by atoms with Crippen LogP contribution in [0, 0.1) is 32.1 Å². The molecule has 1 unspecified atom stereocenters. The molecule has 0 aromatic heterocycles. The van der Waals surface area contributed by atoms with Gasteiger partial charge in [-0.15, -0.1) is 0 Å². The van der Waals surface area contributed by atoms with Crippen LogP contribution in [0.15, 0.2) is 12.1 Å². The first-order valence-corrected chi connectivity index (χ1v) is 6.07. The molecule has 1 atom stereocenters. The van der Waals surface area contributed by atoms with E-state index in [1.54, 1.807) is 0 Å². The number of aryl methyl sites for hydroxylation is 3. The van der Waals surface area contributed by atoms with E-state index in [9.17, 15) is 5.26 Å². The smallest absolute Gasteiger partial charge is 0.0730 e. The molecule has 0 N–H and O–H groups in total. The zero-order chi connectivity index (χ0) is 13.0. The third kappa shape index (κ3) is 3.57. The molecular weight excluding hydrogens is 208 g/mol. The lowest BCUT2D eigenvalue weighted by molar-refractivity contribution is 0.393. The summed E-state index contributed by atoms with van der Waals surface area (Å²) >= 11 is 0. The van der Waals surface area contributed by atoms with Gasteiger partial charge in [0, 0.05) is 0 Å². The molecule has 2 heteroatoms. The second-order valence-electron chi connectivity index (χ2n) is 5.09. The number of hydrogen-bond acceptors (Lipinski definition) is 2. The van der Waals surface area contributed by atoms with Crippen LogP contribution in [0.25, 0.3) is 0 Å². The van der Waals surface area contributed by atoms with E-state index in [-0.39, 0.29) is 5.92 Å². The summed E-state index contributed by atoms with van der Waals surface area (Å²) in [7, 11) is 4.09. The van der Waals surface area contributed by atoms with Crippen molar-refractivity contribution in [3.8, 4) is 6.07 Å². The number of rotatable bonds is 4. The molecule has 1 aromatic carbocycles. The Hall–Kier alpha value is -1.33. The van der Waals surface area contributed by atoms with Crippen molar-refractivity contribution in [3.05, 3.63) is 34.4 Å². The Kier molecular flexibility index (Phi) is 4.72. The van der Waals surface area contributed by atoms with Crippen LogP contribution in [0.1, 0.15) is 34.6 Å². The number of hydrogen-bond donors (Lipinski definition) is 0. The molecule has 0 radical (unpaired) electrons. The molecule has 0 bridgehead atoms. The molecule has 0 saturated carbocycles. The Morgan fingerprint density at radius 1 is 1.18 bits per heavy atom. The highest BCUT2D eigenvalue weighted by Crippen LogP contribution is 2.27. The quantitative estimate of drug-likeness (QED) is 0.794. The molecule has 0 aliphatic carbocycles. The first-order valence-electron chi connectivity index (χ1n) is 6.07. The van der Waals surface area contributed by atoms with Crippen LogP contribution in [-0.2, 0) is 0 Å². The van der Waals surface area contributed by atoms with Crippen molar-refractivity contribution >= 4 is 0 Å². The number of benzene rings is 1. The van der Waals surface area contributed by atoms with E-state index >= 15 is 0 Å². The van der Waals surface area contributed by atoms with Crippen LogP contribution in [0.3, 0.4) is 0 Å². The van der Waals surface area contributed by atoms with E-state index in [0.29, 0.717) is 0 Å². The normalized spacial score (nSPS) is 12.5. The van der Waals surface area contributed by atoms with E-state index in [0.717, 1.165) is 13.0 Å². The summed E-state index contributed by atoms with van der Waals surface area (Å²) < 4.78 is 0. The molecule has 0 fully saturated rings. The second-order valence-corrected chi connectivity index (χ2v) is 5.09. The third-order valence-electron chi connectivity index (χ3n) is 3.11. The van der Waals surface area contributed by atoms with Crippen LogP contribution >= 0.6 is 0 Å². The third-order valence-corrected chi connectivity index (χ3v) is 3.11. The van der Waals surface area contributed by atoms with Gasteiger partial charge in [-0.25, -0.2) is 0 Å². The van der Waals surface area contributed by atoms with Crippen molar-refractivity contribution in [2.24, 2.45) is 0 Å². The van der Waals surface area contributed by atoms with Gasteiger partial charge >= 0.3 is 0 Å². The molecule has 0 heterocycles. The molecule has 0 amide bonds. The minimum Gasteiger partial charge on any atom is -0.309 e. The monoisotopic (exact) mass is 230 g/mol. The lowest BCUT2D eigenvalue weighted by Gasteiger charge is -2.18. The van der Waals surface area contributed by atoms with Gasteiger partial charge in [-0.3, -0.25) is 0 Å². The minimum absolute atomic E-state index is 0.0120. The van der Waals surface area contributed by atoms with Crippen molar-refractivity contribution in [1.29, 1.82) is 5.26 Å². The van der Waals surface area contributed by atoms with E-state index in [4.69, 9.17) is 0 Å². The van der Waals surface area contributed by atoms with Crippen molar-refractivity contribution in [2.45, 2.75) is 33.1 Å². The molecule has 0 aliphatic heterocycles. The van der Waals surface area contributed by atoms with Gasteiger partial charge in [0.05, 0.1) is 12.0 Å². The van der Waals surface area contributed by atoms with Gasteiger partial charge in [0.2, 0.25) is 0 Å². The first kappa shape index (κ1) is 13.7. The van der Waals surface area contributed by atoms with Crippen LogP contribution in [-0.4, -0.2) is 25.5 Å². The van der Waals surface area contributed by atoms with Crippen molar-refractivity contribution in [3.63, 3.8) is 0 Å². The summed E-state index contributed by atoms with van der Waals surface area (Å²) in [5.74, 6) is 0.0120. The molecular formula is C15H22N2. The standard InChI is InChI=1S/C15H22N2/c1-11-8-12(2)15(13(3)9-11)14(10-16)6-7-17(4)5/h8-9,14H,6-7H2,1-5H3. The zero-order valence-electron chi connectivity index (χ0n) is 11.5. The number of nitrogens with zero attached hydrogens (tertiary/aromatic N) is 2. The lowest BCUT2D eigenvalue weighted by Crippen LogP contribution is -2.16.